The molecule has 0 spiro atoms. The fraction of sp³-hybridized carbons (Fsp3) is 0.312. The number of amides is 2. The summed E-state index contributed by atoms with van der Waals surface area (Å²) in [5.74, 6) is -1.86. The summed E-state index contributed by atoms with van der Waals surface area (Å²) in [7, 11) is 0. The second-order valence-corrected chi connectivity index (χ2v) is 6.30. The first-order valence-electron chi connectivity index (χ1n) is 7.50. The molecule has 8 heteroatoms. The number of nitrogens with zero attached hydrogens (tertiary/aromatic N) is 1. The fourth-order valence-electron chi connectivity index (χ4n) is 2.61. The Morgan fingerprint density at radius 3 is 2.46 bits per heavy atom. The Bertz CT molecular complexity index is 744. The third kappa shape index (κ3) is 3.48. The van der Waals surface area contributed by atoms with Gasteiger partial charge in [0.1, 0.15) is 0 Å². The Kier molecular flexibility index (Phi) is 4.66. The summed E-state index contributed by atoms with van der Waals surface area (Å²) in [6.45, 7) is 0.965. The van der Waals surface area contributed by atoms with E-state index in [2.05, 4.69) is 5.32 Å². The van der Waals surface area contributed by atoms with Crippen LogP contribution in [0.15, 0.2) is 33.4 Å². The Labute approximate surface area is 141 Å². The van der Waals surface area contributed by atoms with Crippen LogP contribution in [0, 0.1) is 0 Å². The number of hydrogen-bond acceptors (Lipinski definition) is 5. The molecule has 1 aliphatic rings. The van der Waals surface area contributed by atoms with Gasteiger partial charge in [-0.25, -0.2) is 4.79 Å². The highest BCUT2D eigenvalue weighted by Crippen LogP contribution is 2.17. The minimum Gasteiger partial charge on any atom is -0.475 e. The molecule has 0 aromatic carbocycles. The highest BCUT2D eigenvalue weighted by atomic mass is 32.1. The zero-order valence-corrected chi connectivity index (χ0v) is 13.5. The van der Waals surface area contributed by atoms with Crippen molar-refractivity contribution < 1.29 is 23.9 Å². The van der Waals surface area contributed by atoms with Crippen molar-refractivity contribution in [3.8, 4) is 0 Å². The van der Waals surface area contributed by atoms with Gasteiger partial charge >= 0.3 is 5.97 Å². The Balaban J connectivity index is 1.53. The fourth-order valence-corrected chi connectivity index (χ4v) is 3.25. The highest BCUT2D eigenvalue weighted by molar-refractivity contribution is 7.08. The molecule has 2 aromatic rings. The van der Waals surface area contributed by atoms with Crippen molar-refractivity contribution in [3.63, 3.8) is 0 Å². The molecule has 126 valence electrons. The number of carboxylic acids is 1. The third-order valence-corrected chi connectivity index (χ3v) is 4.61. The summed E-state index contributed by atoms with van der Waals surface area (Å²) in [5, 5.41) is 15.4. The number of aromatic carboxylic acids is 1. The largest absolute Gasteiger partial charge is 0.475 e. The van der Waals surface area contributed by atoms with E-state index < -0.39 is 5.97 Å². The second-order valence-electron chi connectivity index (χ2n) is 5.52. The maximum Gasteiger partial charge on any atom is 0.371 e. The molecule has 0 saturated carbocycles. The van der Waals surface area contributed by atoms with Crippen LogP contribution in [0.1, 0.15) is 44.3 Å². The van der Waals surface area contributed by atoms with Crippen molar-refractivity contribution in [2.75, 3.05) is 13.1 Å². The van der Waals surface area contributed by atoms with Gasteiger partial charge in [-0.3, -0.25) is 9.59 Å². The normalized spacial score (nSPS) is 15.2. The summed E-state index contributed by atoms with van der Waals surface area (Å²) in [6.07, 6.45) is 1.29. The molecule has 2 amide bonds. The lowest BCUT2D eigenvalue weighted by atomic mass is 10.0. The van der Waals surface area contributed by atoms with Crippen LogP contribution >= 0.6 is 11.3 Å². The van der Waals surface area contributed by atoms with Gasteiger partial charge in [0.25, 0.3) is 11.8 Å². The summed E-state index contributed by atoms with van der Waals surface area (Å²) in [5.41, 5.74) is 0.648. The van der Waals surface area contributed by atoms with Crippen molar-refractivity contribution in [1.29, 1.82) is 0 Å². The number of carbonyl (C=O) groups is 3. The van der Waals surface area contributed by atoms with E-state index in [-0.39, 0.29) is 29.4 Å². The molecule has 1 fully saturated rings. The van der Waals surface area contributed by atoms with Crippen molar-refractivity contribution in [1.82, 2.24) is 10.2 Å². The average Bonchev–Trinajstić information content (AvgIpc) is 3.26. The van der Waals surface area contributed by atoms with E-state index in [0.717, 1.165) is 0 Å². The van der Waals surface area contributed by atoms with Crippen molar-refractivity contribution in [2.45, 2.75) is 18.9 Å². The lowest BCUT2D eigenvalue weighted by Gasteiger charge is -2.31. The maximum absolute atomic E-state index is 12.3. The van der Waals surface area contributed by atoms with Crippen LogP contribution in [0.5, 0.6) is 0 Å². The van der Waals surface area contributed by atoms with Crippen LogP contribution < -0.4 is 5.32 Å². The van der Waals surface area contributed by atoms with Crippen LogP contribution in [0.4, 0.5) is 0 Å². The second kappa shape index (κ2) is 6.88. The van der Waals surface area contributed by atoms with E-state index >= 15 is 0 Å². The molecule has 0 atom stereocenters. The molecule has 1 saturated heterocycles. The van der Waals surface area contributed by atoms with Gasteiger partial charge < -0.3 is 19.7 Å². The van der Waals surface area contributed by atoms with Crippen LogP contribution in [0.3, 0.4) is 0 Å². The van der Waals surface area contributed by atoms with Gasteiger partial charge in [0.15, 0.2) is 5.76 Å². The maximum atomic E-state index is 12.3. The van der Waals surface area contributed by atoms with Gasteiger partial charge in [-0.05, 0) is 36.4 Å². The monoisotopic (exact) mass is 348 g/mol. The zero-order valence-electron chi connectivity index (χ0n) is 12.7. The molecule has 7 nitrogen and oxygen atoms in total. The Hall–Kier alpha value is -2.61. The number of piperidine rings is 1. The molecule has 0 aliphatic carbocycles. The van der Waals surface area contributed by atoms with Crippen LogP contribution in [0.2, 0.25) is 0 Å². The lowest BCUT2D eigenvalue weighted by molar-refractivity contribution is 0.0636. The van der Waals surface area contributed by atoms with E-state index in [9.17, 15) is 14.4 Å². The molecular weight excluding hydrogens is 332 g/mol. The number of thiophene rings is 1. The Morgan fingerprint density at radius 2 is 1.88 bits per heavy atom. The molecular formula is C16H16N2O5S. The number of furan rings is 1. The van der Waals surface area contributed by atoms with Gasteiger partial charge in [0, 0.05) is 30.1 Å². The number of hydrogen-bond donors (Lipinski definition) is 2. The minimum absolute atomic E-state index is 0.0210. The third-order valence-electron chi connectivity index (χ3n) is 3.93. The number of rotatable bonds is 4. The van der Waals surface area contributed by atoms with E-state index in [0.29, 0.717) is 31.5 Å². The molecule has 3 rings (SSSR count). The molecule has 2 N–H and O–H groups in total. The van der Waals surface area contributed by atoms with Crippen molar-refractivity contribution in [3.05, 3.63) is 46.0 Å². The van der Waals surface area contributed by atoms with E-state index in [1.807, 2.05) is 5.38 Å². The highest BCUT2D eigenvalue weighted by Gasteiger charge is 2.27. The predicted octanol–water partition coefficient (Wildman–Crippen LogP) is 2.07. The molecule has 2 aromatic heterocycles. The first-order chi connectivity index (χ1) is 11.5. The summed E-state index contributed by atoms with van der Waals surface area (Å²) in [4.78, 5) is 36.7. The number of carbonyl (C=O) groups excluding carboxylic acids is 2. The average molecular weight is 348 g/mol. The molecule has 0 bridgehead atoms. The lowest BCUT2D eigenvalue weighted by Crippen LogP contribution is -2.46. The number of carboxylic acid groups (broad SMARTS) is 1. The Morgan fingerprint density at radius 1 is 1.17 bits per heavy atom. The van der Waals surface area contributed by atoms with Gasteiger partial charge in [-0.15, -0.1) is 0 Å². The number of likely N-dealkylation sites (tertiary alicyclic amines) is 1. The van der Waals surface area contributed by atoms with Crippen LogP contribution in [0.25, 0.3) is 0 Å². The van der Waals surface area contributed by atoms with Crippen LogP contribution in [-0.4, -0.2) is 46.9 Å². The summed E-state index contributed by atoms with van der Waals surface area (Å²) >= 11 is 1.47. The zero-order chi connectivity index (χ0) is 17.1. The standard InChI is InChI=1S/C16H16N2O5S/c19-14(10-5-8-24-9-10)17-11-3-6-18(7-4-11)15(20)12-1-2-13(23-12)16(21)22/h1-2,5,8-9,11H,3-4,6-7H2,(H,17,19)(H,21,22). The van der Waals surface area contributed by atoms with Crippen LogP contribution in [-0.2, 0) is 0 Å². The molecule has 3 heterocycles. The smallest absolute Gasteiger partial charge is 0.371 e. The molecule has 1 aliphatic heterocycles. The summed E-state index contributed by atoms with van der Waals surface area (Å²) in [6, 6.07) is 4.43. The minimum atomic E-state index is -1.20. The quantitative estimate of drug-likeness (QED) is 0.881. The van der Waals surface area contributed by atoms with E-state index in [4.69, 9.17) is 9.52 Å². The predicted molar refractivity (Wildman–Crippen MR) is 86.4 cm³/mol. The summed E-state index contributed by atoms with van der Waals surface area (Å²) < 4.78 is 5.04. The molecule has 0 unspecified atom stereocenters. The van der Waals surface area contributed by atoms with Gasteiger partial charge in [-0.2, -0.15) is 11.3 Å². The molecule has 24 heavy (non-hydrogen) atoms. The van der Waals surface area contributed by atoms with Gasteiger partial charge in [0.05, 0.1) is 0 Å². The first kappa shape index (κ1) is 16.3. The van der Waals surface area contributed by atoms with E-state index in [1.54, 1.807) is 16.3 Å². The topological polar surface area (TPSA) is 99.9 Å². The van der Waals surface area contributed by atoms with Gasteiger partial charge in [0.2, 0.25) is 5.76 Å². The van der Waals surface area contributed by atoms with Gasteiger partial charge in [-0.1, -0.05) is 0 Å². The van der Waals surface area contributed by atoms with E-state index in [1.165, 1.54) is 23.5 Å². The van der Waals surface area contributed by atoms with Crippen molar-refractivity contribution >= 4 is 29.1 Å². The SMILES string of the molecule is O=C(NC1CCN(C(=O)c2ccc(C(=O)O)o2)CC1)c1ccsc1. The first-order valence-corrected chi connectivity index (χ1v) is 8.44. The van der Waals surface area contributed by atoms with Crippen molar-refractivity contribution in [2.24, 2.45) is 0 Å². The molecule has 0 radical (unpaired) electrons. The number of nitrogens with one attached hydrogen (secondary N) is 1.